The van der Waals surface area contributed by atoms with Crippen LogP contribution in [0.3, 0.4) is 0 Å². The molecule has 1 saturated heterocycles. The number of rotatable bonds is 10. The maximum atomic E-state index is 13.5. The standard InChI is InChI=1S/C26H31ClFN5O5S/c27-22-12-20(3-6-23(22)28)31-16-37-25-13-24-18(14-29-15-30-24)11-26(25)38-21-4-1-19(2-5-21)32-17-39(34,35)33-7-9-36-10-8-33/h3,6,11-15,19,21,31-32H,1-2,4-5,7-10,16-17H2. The first-order valence-electron chi connectivity index (χ1n) is 12.9. The highest BCUT2D eigenvalue weighted by molar-refractivity contribution is 7.89. The van der Waals surface area contributed by atoms with E-state index in [1.165, 1.54) is 22.8 Å². The van der Waals surface area contributed by atoms with Crippen molar-refractivity contribution in [3.63, 3.8) is 0 Å². The topological polar surface area (TPSA) is 115 Å². The summed E-state index contributed by atoms with van der Waals surface area (Å²) < 4.78 is 57.8. The molecule has 0 atom stereocenters. The van der Waals surface area contributed by atoms with Gasteiger partial charge in [0.1, 0.15) is 18.0 Å². The fourth-order valence-electron chi connectivity index (χ4n) is 4.70. The molecule has 0 amide bonds. The van der Waals surface area contributed by atoms with Gasteiger partial charge in [-0.15, -0.1) is 0 Å². The quantitative estimate of drug-likeness (QED) is 0.346. The smallest absolute Gasteiger partial charge is 0.227 e. The van der Waals surface area contributed by atoms with E-state index in [-0.39, 0.29) is 29.8 Å². The number of hydrogen-bond donors (Lipinski definition) is 2. The minimum absolute atomic E-state index is 0.0233. The first-order chi connectivity index (χ1) is 18.9. The Kier molecular flexibility index (Phi) is 8.98. The number of halogens is 2. The third-order valence-corrected chi connectivity index (χ3v) is 8.85. The molecule has 2 heterocycles. The van der Waals surface area contributed by atoms with Crippen LogP contribution in [0.2, 0.25) is 5.02 Å². The molecule has 210 valence electrons. The Hall–Kier alpha value is -2.77. The first kappa shape index (κ1) is 27.8. The summed E-state index contributed by atoms with van der Waals surface area (Å²) in [5, 5.41) is 7.13. The monoisotopic (exact) mass is 579 g/mol. The normalized spacial score (nSPS) is 20.6. The van der Waals surface area contributed by atoms with Gasteiger partial charge in [0, 0.05) is 42.5 Å². The number of benzene rings is 2. The van der Waals surface area contributed by atoms with Gasteiger partial charge in [0.2, 0.25) is 10.0 Å². The van der Waals surface area contributed by atoms with E-state index in [2.05, 4.69) is 20.6 Å². The van der Waals surface area contributed by atoms with E-state index >= 15 is 0 Å². The van der Waals surface area contributed by atoms with Crippen LogP contribution in [0.25, 0.3) is 10.9 Å². The zero-order chi connectivity index (χ0) is 27.2. The number of nitrogens with one attached hydrogen (secondary N) is 2. The van der Waals surface area contributed by atoms with E-state index in [1.807, 2.05) is 6.07 Å². The molecule has 2 N–H and O–H groups in total. The Bertz CT molecular complexity index is 1380. The average Bonchev–Trinajstić information content (AvgIpc) is 2.95. The van der Waals surface area contributed by atoms with Gasteiger partial charge >= 0.3 is 0 Å². The molecule has 10 nitrogen and oxygen atoms in total. The van der Waals surface area contributed by atoms with Crippen molar-refractivity contribution >= 4 is 38.2 Å². The molecule has 13 heteroatoms. The zero-order valence-corrected chi connectivity index (χ0v) is 22.9. The Morgan fingerprint density at radius 1 is 1.10 bits per heavy atom. The van der Waals surface area contributed by atoms with Crippen LogP contribution in [-0.2, 0) is 14.8 Å². The van der Waals surface area contributed by atoms with Crippen LogP contribution in [0.1, 0.15) is 25.7 Å². The highest BCUT2D eigenvalue weighted by Crippen LogP contribution is 2.35. The van der Waals surface area contributed by atoms with Gasteiger partial charge in [0.25, 0.3) is 0 Å². The highest BCUT2D eigenvalue weighted by atomic mass is 35.5. The molecular weight excluding hydrogens is 549 g/mol. The minimum Gasteiger partial charge on any atom is -0.487 e. The number of morpholine rings is 1. The second-order valence-corrected chi connectivity index (χ2v) is 11.9. The van der Waals surface area contributed by atoms with Gasteiger partial charge in [-0.25, -0.2) is 22.8 Å². The van der Waals surface area contributed by atoms with Crippen LogP contribution in [0.5, 0.6) is 11.5 Å². The molecule has 1 aliphatic carbocycles. The van der Waals surface area contributed by atoms with Crippen molar-refractivity contribution in [3.05, 3.63) is 53.7 Å². The second-order valence-electron chi connectivity index (χ2n) is 9.54. The van der Waals surface area contributed by atoms with Crippen molar-refractivity contribution in [2.75, 3.05) is 44.2 Å². The van der Waals surface area contributed by atoms with Gasteiger partial charge in [-0.2, -0.15) is 4.31 Å². The fraction of sp³-hybridized carbons (Fsp3) is 0.462. The zero-order valence-electron chi connectivity index (χ0n) is 21.3. The van der Waals surface area contributed by atoms with Crippen LogP contribution in [0.4, 0.5) is 10.1 Å². The fourth-order valence-corrected chi connectivity index (χ4v) is 6.22. The Balaban J connectivity index is 1.18. The van der Waals surface area contributed by atoms with Gasteiger partial charge < -0.3 is 19.5 Å². The average molecular weight is 580 g/mol. The summed E-state index contributed by atoms with van der Waals surface area (Å²) in [5.74, 6) is 0.524. The molecule has 1 aromatic heterocycles. The molecule has 5 rings (SSSR count). The SMILES string of the molecule is O=S(=O)(CNC1CCC(Oc2cc3cncnc3cc2OCNc2ccc(F)c(Cl)c2)CC1)N1CCOCC1. The van der Waals surface area contributed by atoms with Gasteiger partial charge in [-0.05, 0) is 49.9 Å². The summed E-state index contributed by atoms with van der Waals surface area (Å²) in [6.07, 6.45) is 6.26. The highest BCUT2D eigenvalue weighted by Gasteiger charge is 2.28. The van der Waals surface area contributed by atoms with Crippen LogP contribution in [0.15, 0.2) is 42.9 Å². The van der Waals surface area contributed by atoms with E-state index in [0.29, 0.717) is 49.0 Å². The molecule has 1 aliphatic heterocycles. The molecule has 0 unspecified atom stereocenters. The molecule has 0 spiro atoms. The van der Waals surface area contributed by atoms with Crippen LogP contribution < -0.4 is 20.1 Å². The maximum absolute atomic E-state index is 13.5. The molecule has 0 bridgehead atoms. The van der Waals surface area contributed by atoms with Crippen LogP contribution in [0, 0.1) is 5.82 Å². The lowest BCUT2D eigenvalue weighted by molar-refractivity contribution is 0.0728. The Labute approximate surface area is 231 Å². The Morgan fingerprint density at radius 3 is 2.67 bits per heavy atom. The number of hydrogen-bond acceptors (Lipinski definition) is 9. The first-order valence-corrected chi connectivity index (χ1v) is 14.9. The maximum Gasteiger partial charge on any atom is 0.227 e. The number of aromatic nitrogens is 2. The number of ether oxygens (including phenoxy) is 3. The van der Waals surface area contributed by atoms with Gasteiger partial charge in [-0.1, -0.05) is 11.6 Å². The number of anilines is 1. The second kappa shape index (κ2) is 12.6. The number of sulfonamides is 1. The Morgan fingerprint density at radius 2 is 1.90 bits per heavy atom. The van der Waals surface area contributed by atoms with E-state index < -0.39 is 15.8 Å². The summed E-state index contributed by atoms with van der Waals surface area (Å²) >= 11 is 5.87. The van der Waals surface area contributed by atoms with Crippen molar-refractivity contribution < 1.29 is 27.0 Å². The van der Waals surface area contributed by atoms with E-state index in [4.69, 9.17) is 25.8 Å². The van der Waals surface area contributed by atoms with E-state index in [0.717, 1.165) is 31.1 Å². The summed E-state index contributed by atoms with van der Waals surface area (Å²) in [4.78, 5) is 8.41. The number of fused-ring (bicyclic) bond motifs is 1. The summed E-state index contributed by atoms with van der Waals surface area (Å²) in [5.41, 5.74) is 1.33. The predicted molar refractivity (Wildman–Crippen MR) is 146 cm³/mol. The van der Waals surface area contributed by atoms with E-state index in [1.54, 1.807) is 18.3 Å². The lowest BCUT2D eigenvalue weighted by Crippen LogP contribution is -2.47. The predicted octanol–water partition coefficient (Wildman–Crippen LogP) is 3.77. The molecule has 0 radical (unpaired) electrons. The number of nitrogens with zero attached hydrogens (tertiary/aromatic N) is 3. The largest absolute Gasteiger partial charge is 0.487 e. The third kappa shape index (κ3) is 7.25. The molecule has 39 heavy (non-hydrogen) atoms. The van der Waals surface area contributed by atoms with Crippen molar-refractivity contribution in [3.8, 4) is 11.5 Å². The third-order valence-electron chi connectivity index (χ3n) is 6.88. The summed E-state index contributed by atoms with van der Waals surface area (Å²) in [7, 11) is -3.35. The lowest BCUT2D eigenvalue weighted by Gasteiger charge is -2.31. The van der Waals surface area contributed by atoms with Crippen molar-refractivity contribution in [2.45, 2.75) is 37.8 Å². The minimum atomic E-state index is -3.35. The van der Waals surface area contributed by atoms with Crippen molar-refractivity contribution in [1.82, 2.24) is 19.6 Å². The summed E-state index contributed by atoms with van der Waals surface area (Å²) in [6, 6.07) is 8.12. The molecule has 2 aliphatic rings. The van der Waals surface area contributed by atoms with Crippen molar-refractivity contribution in [2.24, 2.45) is 0 Å². The van der Waals surface area contributed by atoms with Gasteiger partial charge in [0.05, 0.1) is 29.9 Å². The molecule has 2 fully saturated rings. The molecule has 2 aromatic carbocycles. The summed E-state index contributed by atoms with van der Waals surface area (Å²) in [6.45, 7) is 1.77. The lowest BCUT2D eigenvalue weighted by atomic mass is 9.93. The van der Waals surface area contributed by atoms with Gasteiger partial charge in [-0.3, -0.25) is 5.32 Å². The van der Waals surface area contributed by atoms with Gasteiger partial charge in [0.15, 0.2) is 18.2 Å². The van der Waals surface area contributed by atoms with E-state index in [9.17, 15) is 12.8 Å². The van der Waals surface area contributed by atoms with Crippen LogP contribution >= 0.6 is 11.6 Å². The molecule has 3 aromatic rings. The van der Waals surface area contributed by atoms with Crippen molar-refractivity contribution in [1.29, 1.82) is 0 Å². The molecular formula is C26H31ClFN5O5S. The van der Waals surface area contributed by atoms with Crippen LogP contribution in [-0.4, -0.2) is 73.7 Å². The molecule has 1 saturated carbocycles.